The van der Waals surface area contributed by atoms with Crippen LogP contribution in [0.5, 0.6) is 5.75 Å². The van der Waals surface area contributed by atoms with E-state index in [2.05, 4.69) is 31.3 Å². The van der Waals surface area contributed by atoms with Gasteiger partial charge in [-0.05, 0) is 44.5 Å². The molecule has 1 aromatic carbocycles. The normalized spacial score (nSPS) is 13.3. The van der Waals surface area contributed by atoms with E-state index in [1.54, 1.807) is 7.11 Å². The van der Waals surface area contributed by atoms with Crippen LogP contribution in [0.25, 0.3) is 0 Å². The molecule has 0 aliphatic heterocycles. The number of methoxy groups -OCH3 is 1. The number of benzene rings is 1. The Morgan fingerprint density at radius 2 is 1.68 bits per heavy atom. The molecule has 0 saturated carbocycles. The summed E-state index contributed by atoms with van der Waals surface area (Å²) in [7, 11) is 3.78. The van der Waals surface area contributed by atoms with Gasteiger partial charge in [0.25, 0.3) is 0 Å². The Morgan fingerprint density at radius 3 is 2.05 bits per heavy atom. The minimum Gasteiger partial charge on any atom is -0.494 e. The molecule has 3 heteroatoms. The first kappa shape index (κ1) is 16.0. The van der Waals surface area contributed by atoms with Gasteiger partial charge in [0.1, 0.15) is 5.75 Å². The van der Waals surface area contributed by atoms with E-state index in [0.29, 0.717) is 6.61 Å². The fourth-order valence-electron chi connectivity index (χ4n) is 2.72. The number of hydrogen-bond acceptors (Lipinski definition) is 3. The van der Waals surface area contributed by atoms with Gasteiger partial charge in [-0.15, -0.1) is 0 Å². The third-order valence-corrected chi connectivity index (χ3v) is 3.94. The van der Waals surface area contributed by atoms with Gasteiger partial charge in [-0.25, -0.2) is 0 Å². The molecule has 0 bridgehead atoms. The fourth-order valence-corrected chi connectivity index (χ4v) is 2.72. The van der Waals surface area contributed by atoms with Crippen molar-refractivity contribution < 1.29 is 9.47 Å². The van der Waals surface area contributed by atoms with Crippen LogP contribution in [0.2, 0.25) is 0 Å². The number of ether oxygens (including phenoxy) is 2. The standard InChI is InChI=1S/C16H27NO2/c1-6-16(7-2,18-5)15(17-4)13-9-11-14(12-10-13)19-8-3/h9-12,15,17H,6-8H2,1-5H3. The molecule has 19 heavy (non-hydrogen) atoms. The second-order valence-corrected chi connectivity index (χ2v) is 4.70. The molecule has 0 spiro atoms. The highest BCUT2D eigenvalue weighted by Crippen LogP contribution is 2.35. The number of rotatable bonds is 8. The molecule has 0 aromatic heterocycles. The summed E-state index contributed by atoms with van der Waals surface area (Å²) in [6, 6.07) is 8.46. The van der Waals surface area contributed by atoms with Gasteiger partial charge in [0.15, 0.2) is 0 Å². The van der Waals surface area contributed by atoms with E-state index in [1.807, 2.05) is 26.1 Å². The fraction of sp³-hybridized carbons (Fsp3) is 0.625. The Kier molecular flexibility index (Phi) is 6.32. The highest BCUT2D eigenvalue weighted by atomic mass is 16.5. The number of likely N-dealkylation sites (N-methyl/N-ethyl adjacent to an activating group) is 1. The Morgan fingerprint density at radius 1 is 1.11 bits per heavy atom. The molecular formula is C16H27NO2. The molecule has 1 unspecified atom stereocenters. The van der Waals surface area contributed by atoms with E-state index in [9.17, 15) is 0 Å². The molecule has 0 radical (unpaired) electrons. The zero-order valence-electron chi connectivity index (χ0n) is 12.8. The van der Waals surface area contributed by atoms with Crippen molar-refractivity contribution in [1.82, 2.24) is 5.32 Å². The van der Waals surface area contributed by atoms with Gasteiger partial charge in [-0.1, -0.05) is 26.0 Å². The molecular weight excluding hydrogens is 238 g/mol. The highest BCUT2D eigenvalue weighted by molar-refractivity contribution is 5.30. The van der Waals surface area contributed by atoms with Gasteiger partial charge >= 0.3 is 0 Å². The molecule has 0 aliphatic rings. The summed E-state index contributed by atoms with van der Waals surface area (Å²) in [5.41, 5.74) is 1.07. The summed E-state index contributed by atoms with van der Waals surface area (Å²) < 4.78 is 11.3. The van der Waals surface area contributed by atoms with Gasteiger partial charge < -0.3 is 14.8 Å². The van der Waals surface area contributed by atoms with Crippen molar-refractivity contribution in [2.75, 3.05) is 20.8 Å². The molecule has 3 nitrogen and oxygen atoms in total. The SMILES string of the molecule is CCOc1ccc(C(NC)C(CC)(CC)OC)cc1. The Hall–Kier alpha value is -1.06. The first-order valence-electron chi connectivity index (χ1n) is 7.12. The lowest BCUT2D eigenvalue weighted by Gasteiger charge is -2.38. The minimum absolute atomic E-state index is 0.165. The Labute approximate surface area is 117 Å². The van der Waals surface area contributed by atoms with Gasteiger partial charge in [-0.2, -0.15) is 0 Å². The van der Waals surface area contributed by atoms with Crippen LogP contribution in [-0.4, -0.2) is 26.4 Å². The molecule has 0 heterocycles. The summed E-state index contributed by atoms with van der Waals surface area (Å²) in [5.74, 6) is 0.914. The van der Waals surface area contributed by atoms with Crippen LogP contribution in [0, 0.1) is 0 Å². The van der Waals surface area contributed by atoms with Crippen molar-refractivity contribution in [3.05, 3.63) is 29.8 Å². The van der Waals surface area contributed by atoms with Crippen molar-refractivity contribution >= 4 is 0 Å². The van der Waals surface area contributed by atoms with Crippen molar-refractivity contribution in [1.29, 1.82) is 0 Å². The Balaban J connectivity index is 3.01. The third kappa shape index (κ3) is 3.48. The molecule has 0 saturated heterocycles. The lowest BCUT2D eigenvalue weighted by molar-refractivity contribution is -0.0467. The van der Waals surface area contributed by atoms with Crippen molar-refractivity contribution in [2.45, 2.75) is 45.3 Å². The zero-order chi connectivity index (χ0) is 14.3. The van der Waals surface area contributed by atoms with Gasteiger partial charge in [-0.3, -0.25) is 0 Å². The minimum atomic E-state index is -0.165. The molecule has 1 atom stereocenters. The van der Waals surface area contributed by atoms with E-state index in [1.165, 1.54) is 5.56 Å². The topological polar surface area (TPSA) is 30.5 Å². The van der Waals surface area contributed by atoms with E-state index < -0.39 is 0 Å². The third-order valence-electron chi connectivity index (χ3n) is 3.94. The van der Waals surface area contributed by atoms with Crippen LogP contribution >= 0.6 is 0 Å². The Bertz CT molecular complexity index is 349. The van der Waals surface area contributed by atoms with Crippen LogP contribution in [0.4, 0.5) is 0 Å². The molecule has 1 N–H and O–H groups in total. The summed E-state index contributed by atoms with van der Waals surface area (Å²) >= 11 is 0. The van der Waals surface area contributed by atoms with E-state index in [4.69, 9.17) is 9.47 Å². The monoisotopic (exact) mass is 265 g/mol. The van der Waals surface area contributed by atoms with Crippen molar-refractivity contribution in [3.63, 3.8) is 0 Å². The van der Waals surface area contributed by atoms with Crippen molar-refractivity contribution in [2.24, 2.45) is 0 Å². The van der Waals surface area contributed by atoms with Gasteiger partial charge in [0.2, 0.25) is 0 Å². The number of hydrogen-bond donors (Lipinski definition) is 1. The van der Waals surface area contributed by atoms with Crippen LogP contribution in [0.3, 0.4) is 0 Å². The second-order valence-electron chi connectivity index (χ2n) is 4.70. The molecule has 0 fully saturated rings. The maximum Gasteiger partial charge on any atom is 0.119 e. The lowest BCUT2D eigenvalue weighted by atomic mass is 9.84. The van der Waals surface area contributed by atoms with E-state index in [-0.39, 0.29) is 11.6 Å². The predicted molar refractivity (Wildman–Crippen MR) is 79.7 cm³/mol. The first-order valence-corrected chi connectivity index (χ1v) is 7.12. The molecule has 0 aliphatic carbocycles. The summed E-state index contributed by atoms with van der Waals surface area (Å²) in [5, 5.41) is 3.40. The van der Waals surface area contributed by atoms with Crippen LogP contribution in [-0.2, 0) is 4.74 Å². The first-order chi connectivity index (χ1) is 9.17. The van der Waals surface area contributed by atoms with E-state index in [0.717, 1.165) is 18.6 Å². The number of nitrogens with one attached hydrogen (secondary N) is 1. The molecule has 1 rings (SSSR count). The average molecular weight is 265 g/mol. The summed E-state index contributed by atoms with van der Waals surface area (Å²) in [6.45, 7) is 7.03. The molecule has 1 aromatic rings. The zero-order valence-corrected chi connectivity index (χ0v) is 12.8. The molecule has 108 valence electrons. The van der Waals surface area contributed by atoms with Gasteiger partial charge in [0.05, 0.1) is 18.2 Å². The predicted octanol–water partition coefficient (Wildman–Crippen LogP) is 3.55. The quantitative estimate of drug-likeness (QED) is 0.779. The summed E-state index contributed by atoms with van der Waals surface area (Å²) in [6.07, 6.45) is 1.94. The summed E-state index contributed by atoms with van der Waals surface area (Å²) in [4.78, 5) is 0. The van der Waals surface area contributed by atoms with Gasteiger partial charge in [0, 0.05) is 7.11 Å². The van der Waals surface area contributed by atoms with Crippen LogP contribution in [0.15, 0.2) is 24.3 Å². The largest absolute Gasteiger partial charge is 0.494 e. The smallest absolute Gasteiger partial charge is 0.119 e. The van der Waals surface area contributed by atoms with Crippen LogP contribution in [0.1, 0.15) is 45.2 Å². The van der Waals surface area contributed by atoms with Crippen LogP contribution < -0.4 is 10.1 Å². The highest BCUT2D eigenvalue weighted by Gasteiger charge is 2.35. The molecule has 0 amide bonds. The maximum absolute atomic E-state index is 5.83. The lowest BCUT2D eigenvalue weighted by Crippen LogP contribution is -2.43. The van der Waals surface area contributed by atoms with Crippen molar-refractivity contribution in [3.8, 4) is 5.75 Å². The average Bonchev–Trinajstić information content (AvgIpc) is 2.46. The van der Waals surface area contributed by atoms with E-state index >= 15 is 0 Å². The second kappa shape index (κ2) is 7.51. The maximum atomic E-state index is 5.83.